The van der Waals surface area contributed by atoms with Gasteiger partial charge in [0, 0.05) is 4.90 Å². The first-order chi connectivity index (χ1) is 7.59. The van der Waals surface area contributed by atoms with Crippen LogP contribution >= 0.6 is 0 Å². The van der Waals surface area contributed by atoms with Crippen molar-refractivity contribution in [3.63, 3.8) is 0 Å². The summed E-state index contributed by atoms with van der Waals surface area (Å²) in [6.07, 6.45) is 1.62. The highest BCUT2D eigenvalue weighted by atomic mass is 32.2. The summed E-state index contributed by atoms with van der Waals surface area (Å²) in [4.78, 5) is 11.4. The second-order valence-corrected chi connectivity index (χ2v) is 5.42. The molecule has 16 heavy (non-hydrogen) atoms. The number of hydrogen-bond acceptors (Lipinski definition) is 2. The molecule has 1 fully saturated rings. The molecule has 0 radical (unpaired) electrons. The van der Waals surface area contributed by atoms with Crippen LogP contribution in [0.2, 0.25) is 0 Å². The maximum Gasteiger partial charge on any atom is 0.319 e. The topological polar surface area (TPSA) is 54.4 Å². The highest BCUT2D eigenvalue weighted by Gasteiger charge is 2.40. The third-order valence-corrected chi connectivity index (χ3v) is 4.35. The molecule has 3 nitrogen and oxygen atoms in total. The third-order valence-electron chi connectivity index (χ3n) is 2.57. The predicted molar refractivity (Wildman–Crippen MR) is 57.0 cm³/mol. The summed E-state index contributed by atoms with van der Waals surface area (Å²) in [5.41, 5.74) is 0. The van der Waals surface area contributed by atoms with Gasteiger partial charge in [-0.05, 0) is 43.0 Å². The minimum Gasteiger partial charge on any atom is -0.480 e. The molecule has 1 aliphatic carbocycles. The molecule has 0 amide bonds. The number of hydrogen-bond donors (Lipinski definition) is 1. The van der Waals surface area contributed by atoms with Crippen molar-refractivity contribution in [2.24, 2.45) is 5.92 Å². The quantitative estimate of drug-likeness (QED) is 0.875. The molecule has 1 N–H and O–H groups in total. The molecule has 1 saturated carbocycles. The first-order valence-electron chi connectivity index (χ1n) is 4.98. The van der Waals surface area contributed by atoms with Gasteiger partial charge in [0.25, 0.3) is 0 Å². The van der Waals surface area contributed by atoms with E-state index in [2.05, 4.69) is 0 Å². The SMILES string of the molecule is O=C(O)C(C1CC1)S(=O)c1ccc(F)cc1. The average Bonchev–Trinajstić information content (AvgIpc) is 3.02. The van der Waals surface area contributed by atoms with Crippen LogP contribution in [0.25, 0.3) is 0 Å². The van der Waals surface area contributed by atoms with Gasteiger partial charge in [0.1, 0.15) is 11.1 Å². The second kappa shape index (κ2) is 4.33. The fraction of sp³-hybridized carbons (Fsp3) is 0.364. The number of rotatable bonds is 4. The zero-order valence-electron chi connectivity index (χ0n) is 8.43. The summed E-state index contributed by atoms with van der Waals surface area (Å²) in [5, 5.41) is 8.15. The summed E-state index contributed by atoms with van der Waals surface area (Å²) in [6, 6.07) is 5.14. The van der Waals surface area contributed by atoms with Gasteiger partial charge in [0.05, 0.1) is 10.8 Å². The van der Waals surface area contributed by atoms with E-state index >= 15 is 0 Å². The molecule has 5 heteroatoms. The molecule has 1 aromatic carbocycles. The minimum absolute atomic E-state index is 0.00314. The van der Waals surface area contributed by atoms with Gasteiger partial charge >= 0.3 is 5.97 Å². The van der Waals surface area contributed by atoms with Crippen LogP contribution in [0, 0.1) is 11.7 Å². The summed E-state index contributed by atoms with van der Waals surface area (Å²) < 4.78 is 24.7. The minimum atomic E-state index is -1.59. The van der Waals surface area contributed by atoms with Crippen LogP contribution in [-0.4, -0.2) is 20.5 Å². The van der Waals surface area contributed by atoms with Gasteiger partial charge in [-0.15, -0.1) is 0 Å². The normalized spacial score (nSPS) is 19.1. The molecule has 0 aliphatic heterocycles. The molecule has 1 aromatic rings. The zero-order chi connectivity index (χ0) is 11.7. The van der Waals surface area contributed by atoms with Gasteiger partial charge < -0.3 is 5.11 Å². The van der Waals surface area contributed by atoms with Crippen molar-refractivity contribution in [1.29, 1.82) is 0 Å². The molecule has 2 unspecified atom stereocenters. The monoisotopic (exact) mass is 242 g/mol. The second-order valence-electron chi connectivity index (χ2n) is 3.85. The van der Waals surface area contributed by atoms with Crippen molar-refractivity contribution >= 4 is 16.8 Å². The van der Waals surface area contributed by atoms with Crippen molar-refractivity contribution in [3.8, 4) is 0 Å². The summed E-state index contributed by atoms with van der Waals surface area (Å²) >= 11 is 0. The number of aliphatic carboxylic acids is 1. The van der Waals surface area contributed by atoms with Gasteiger partial charge in [-0.3, -0.25) is 9.00 Å². The number of carboxylic acids is 1. The lowest BCUT2D eigenvalue weighted by molar-refractivity contribution is -0.136. The van der Waals surface area contributed by atoms with E-state index in [0.717, 1.165) is 12.8 Å². The first kappa shape index (κ1) is 11.3. The van der Waals surface area contributed by atoms with Crippen molar-refractivity contribution in [2.75, 3.05) is 0 Å². The molecule has 0 saturated heterocycles. The molecule has 2 rings (SSSR count). The van der Waals surface area contributed by atoms with E-state index in [1.54, 1.807) is 0 Å². The van der Waals surface area contributed by atoms with Crippen LogP contribution in [0.1, 0.15) is 12.8 Å². The Morgan fingerprint density at radius 3 is 2.38 bits per heavy atom. The maximum absolute atomic E-state index is 12.7. The molecule has 0 spiro atoms. The fourth-order valence-electron chi connectivity index (χ4n) is 1.58. The van der Waals surface area contributed by atoms with Crippen LogP contribution < -0.4 is 0 Å². The number of carboxylic acid groups (broad SMARTS) is 1. The van der Waals surface area contributed by atoms with E-state index in [0.29, 0.717) is 4.90 Å². The lowest BCUT2D eigenvalue weighted by Gasteiger charge is -2.10. The Morgan fingerprint density at radius 1 is 1.38 bits per heavy atom. The standard InChI is InChI=1S/C11H11FO3S/c12-8-3-5-9(6-4-8)16(15)10(11(13)14)7-1-2-7/h3-7,10H,1-2H2,(H,13,14). The Labute approximate surface area is 94.7 Å². The Bertz CT molecular complexity index is 425. The Hall–Kier alpha value is -1.23. The van der Waals surface area contributed by atoms with Crippen molar-refractivity contribution in [1.82, 2.24) is 0 Å². The Balaban J connectivity index is 2.22. The van der Waals surface area contributed by atoms with Crippen LogP contribution in [-0.2, 0) is 15.6 Å². The lowest BCUT2D eigenvalue weighted by atomic mass is 10.3. The van der Waals surface area contributed by atoms with Crippen molar-refractivity contribution < 1.29 is 18.5 Å². The average molecular weight is 242 g/mol. The highest BCUT2D eigenvalue weighted by Crippen LogP contribution is 2.37. The third kappa shape index (κ3) is 2.29. The van der Waals surface area contributed by atoms with E-state index in [1.165, 1.54) is 24.3 Å². The molecular formula is C11H11FO3S. The first-order valence-corrected chi connectivity index (χ1v) is 6.20. The van der Waals surface area contributed by atoms with Gasteiger partial charge in [-0.1, -0.05) is 0 Å². The van der Waals surface area contributed by atoms with Gasteiger partial charge in [0.2, 0.25) is 0 Å². The molecule has 0 heterocycles. The summed E-state index contributed by atoms with van der Waals surface area (Å²) in [7, 11) is -1.59. The molecule has 86 valence electrons. The summed E-state index contributed by atoms with van der Waals surface area (Å²) in [5.74, 6) is -1.45. The van der Waals surface area contributed by atoms with E-state index < -0.39 is 27.8 Å². The molecule has 0 bridgehead atoms. The van der Waals surface area contributed by atoms with Gasteiger partial charge in [0.15, 0.2) is 0 Å². The fourth-order valence-corrected chi connectivity index (χ4v) is 3.08. The molecule has 1 aliphatic rings. The van der Waals surface area contributed by atoms with E-state index in [4.69, 9.17) is 5.11 Å². The van der Waals surface area contributed by atoms with E-state index in [9.17, 15) is 13.4 Å². The Kier molecular flexibility index (Phi) is 3.05. The predicted octanol–water partition coefficient (Wildman–Crippen LogP) is 1.80. The Morgan fingerprint density at radius 2 is 1.94 bits per heavy atom. The van der Waals surface area contributed by atoms with Crippen LogP contribution in [0.4, 0.5) is 4.39 Å². The largest absolute Gasteiger partial charge is 0.480 e. The van der Waals surface area contributed by atoms with Crippen LogP contribution in [0.5, 0.6) is 0 Å². The highest BCUT2D eigenvalue weighted by molar-refractivity contribution is 7.86. The van der Waals surface area contributed by atoms with Gasteiger partial charge in [-0.2, -0.15) is 0 Å². The van der Waals surface area contributed by atoms with E-state index in [-0.39, 0.29) is 5.92 Å². The lowest BCUT2D eigenvalue weighted by Crippen LogP contribution is -2.27. The number of halogens is 1. The maximum atomic E-state index is 12.7. The van der Waals surface area contributed by atoms with Crippen LogP contribution in [0.15, 0.2) is 29.2 Å². The molecular weight excluding hydrogens is 231 g/mol. The number of carbonyl (C=O) groups is 1. The smallest absolute Gasteiger partial charge is 0.319 e. The van der Waals surface area contributed by atoms with Crippen LogP contribution in [0.3, 0.4) is 0 Å². The number of benzene rings is 1. The molecule has 0 aromatic heterocycles. The van der Waals surface area contributed by atoms with E-state index in [1.807, 2.05) is 0 Å². The molecule has 2 atom stereocenters. The van der Waals surface area contributed by atoms with Gasteiger partial charge in [-0.25, -0.2) is 4.39 Å². The summed E-state index contributed by atoms with van der Waals surface area (Å²) in [6.45, 7) is 0. The van der Waals surface area contributed by atoms with Crippen molar-refractivity contribution in [2.45, 2.75) is 23.0 Å². The zero-order valence-corrected chi connectivity index (χ0v) is 9.24. The van der Waals surface area contributed by atoms with Crippen molar-refractivity contribution in [3.05, 3.63) is 30.1 Å².